The van der Waals surface area contributed by atoms with Gasteiger partial charge in [0.25, 0.3) is 0 Å². The van der Waals surface area contributed by atoms with Crippen LogP contribution in [0.4, 0.5) is 13.2 Å². The Balaban J connectivity index is 2.12. The van der Waals surface area contributed by atoms with Crippen molar-refractivity contribution in [1.29, 1.82) is 0 Å². The monoisotopic (exact) mass is 303 g/mol. The number of rotatable bonds is 4. The van der Waals surface area contributed by atoms with Crippen LogP contribution in [-0.4, -0.2) is 20.3 Å². The molecule has 1 aromatic heterocycles. The predicted molar refractivity (Wildman–Crippen MR) is 68.4 cm³/mol. The Morgan fingerprint density at radius 2 is 1.95 bits per heavy atom. The summed E-state index contributed by atoms with van der Waals surface area (Å²) in [6.45, 7) is 1.84. The quantitative estimate of drug-likeness (QED) is 0.812. The molecule has 8 heteroatoms. The van der Waals surface area contributed by atoms with Crippen molar-refractivity contribution >= 4 is 11.8 Å². The number of ether oxygens (including phenoxy) is 1. The van der Waals surface area contributed by atoms with E-state index >= 15 is 0 Å². The zero-order valence-electron chi connectivity index (χ0n) is 10.8. The van der Waals surface area contributed by atoms with Crippen molar-refractivity contribution in [3.8, 4) is 5.75 Å². The summed E-state index contributed by atoms with van der Waals surface area (Å²) in [6.07, 6.45) is 0. The van der Waals surface area contributed by atoms with Crippen molar-refractivity contribution in [2.75, 3.05) is 0 Å². The molecule has 4 nitrogen and oxygen atoms in total. The van der Waals surface area contributed by atoms with Crippen LogP contribution in [0, 0.1) is 6.92 Å². The van der Waals surface area contributed by atoms with Gasteiger partial charge in [-0.3, -0.25) is 0 Å². The first-order valence-electron chi connectivity index (χ1n) is 5.69. The summed E-state index contributed by atoms with van der Waals surface area (Å²) in [5.41, 5.74) is -4.35. The molecule has 0 aliphatic rings. The highest BCUT2D eigenvalue weighted by Crippen LogP contribution is 2.41. The Kier molecular flexibility index (Phi) is 4.22. The van der Waals surface area contributed by atoms with Gasteiger partial charge in [-0.2, -0.15) is 13.2 Å². The molecule has 0 saturated heterocycles. The Morgan fingerprint density at radius 1 is 1.25 bits per heavy atom. The van der Waals surface area contributed by atoms with Gasteiger partial charge in [0.1, 0.15) is 18.2 Å². The molecule has 2 rings (SSSR count). The van der Waals surface area contributed by atoms with Gasteiger partial charge in [-0.1, -0.05) is 12.1 Å². The van der Waals surface area contributed by atoms with Crippen LogP contribution < -0.4 is 4.74 Å². The summed E-state index contributed by atoms with van der Waals surface area (Å²) in [6, 6.07) is 6.03. The molecule has 0 radical (unpaired) electrons. The third-order valence-electron chi connectivity index (χ3n) is 2.61. The fourth-order valence-electron chi connectivity index (χ4n) is 1.50. The van der Waals surface area contributed by atoms with E-state index < -0.39 is 5.51 Å². The van der Waals surface area contributed by atoms with Crippen LogP contribution in [0.5, 0.6) is 5.75 Å². The predicted octanol–water partition coefficient (Wildman–Crippen LogP) is 3.31. The van der Waals surface area contributed by atoms with Crippen LogP contribution in [0.15, 0.2) is 29.2 Å². The lowest BCUT2D eigenvalue weighted by Crippen LogP contribution is -2.06. The summed E-state index contributed by atoms with van der Waals surface area (Å²) < 4.78 is 44.4. The van der Waals surface area contributed by atoms with Crippen LogP contribution in [0.2, 0.25) is 0 Å². The van der Waals surface area contributed by atoms with E-state index in [0.29, 0.717) is 11.6 Å². The summed E-state index contributed by atoms with van der Waals surface area (Å²) in [5.74, 6) is 1.44. The van der Waals surface area contributed by atoms with E-state index in [1.165, 1.54) is 18.2 Å². The van der Waals surface area contributed by atoms with Gasteiger partial charge in [-0.05, 0) is 30.8 Å². The molecule has 0 saturated carbocycles. The molecule has 0 N–H and O–H groups in total. The van der Waals surface area contributed by atoms with Crippen molar-refractivity contribution < 1.29 is 17.9 Å². The molecule has 0 aliphatic carbocycles. The molecule has 0 fully saturated rings. The third-order valence-corrected chi connectivity index (χ3v) is 3.40. The maximum Gasteiger partial charge on any atom is 0.446 e. The molecular weight excluding hydrogens is 291 g/mol. The Hall–Kier alpha value is -1.70. The minimum absolute atomic E-state index is 0.0268. The molecule has 0 amide bonds. The lowest BCUT2D eigenvalue weighted by molar-refractivity contribution is -0.0329. The molecule has 1 heterocycles. The molecule has 0 atom stereocenters. The number of benzene rings is 1. The van der Waals surface area contributed by atoms with E-state index in [1.807, 2.05) is 0 Å². The number of aromatic nitrogens is 3. The van der Waals surface area contributed by atoms with Crippen molar-refractivity contribution in [3.63, 3.8) is 0 Å². The number of hydrogen-bond acceptors (Lipinski definition) is 4. The average Bonchev–Trinajstić information content (AvgIpc) is 2.67. The van der Waals surface area contributed by atoms with Gasteiger partial charge in [0.05, 0.1) is 4.90 Å². The minimum atomic E-state index is -4.35. The molecule has 1 aromatic carbocycles. The number of thioether (sulfide) groups is 1. The number of hydrogen-bond donors (Lipinski definition) is 0. The lowest BCUT2D eigenvalue weighted by Gasteiger charge is -2.12. The van der Waals surface area contributed by atoms with Gasteiger partial charge in [0, 0.05) is 7.05 Å². The molecular formula is C12H12F3N3OS. The van der Waals surface area contributed by atoms with E-state index in [-0.39, 0.29) is 29.0 Å². The number of nitrogens with zero attached hydrogens (tertiary/aromatic N) is 3. The maximum absolute atomic E-state index is 12.4. The number of halogens is 3. The van der Waals surface area contributed by atoms with Crippen LogP contribution in [0.3, 0.4) is 0 Å². The van der Waals surface area contributed by atoms with Crippen LogP contribution in [0.1, 0.15) is 11.6 Å². The van der Waals surface area contributed by atoms with Gasteiger partial charge >= 0.3 is 5.51 Å². The van der Waals surface area contributed by atoms with Crippen molar-refractivity contribution in [1.82, 2.24) is 14.8 Å². The zero-order chi connectivity index (χ0) is 14.8. The van der Waals surface area contributed by atoms with Gasteiger partial charge in [-0.15, -0.1) is 10.2 Å². The van der Waals surface area contributed by atoms with E-state index in [9.17, 15) is 13.2 Å². The third kappa shape index (κ3) is 3.66. The second kappa shape index (κ2) is 5.74. The van der Waals surface area contributed by atoms with Gasteiger partial charge < -0.3 is 9.30 Å². The summed E-state index contributed by atoms with van der Waals surface area (Å²) in [5, 5.41) is 7.75. The summed E-state index contributed by atoms with van der Waals surface area (Å²) in [7, 11) is 1.77. The maximum atomic E-state index is 12.4. The van der Waals surface area contributed by atoms with Crippen molar-refractivity contribution in [3.05, 3.63) is 35.9 Å². The number of para-hydroxylation sites is 1. The van der Waals surface area contributed by atoms with E-state index in [2.05, 4.69) is 10.2 Å². The molecule has 2 aromatic rings. The highest BCUT2D eigenvalue weighted by molar-refractivity contribution is 8.00. The molecule has 20 heavy (non-hydrogen) atoms. The summed E-state index contributed by atoms with van der Waals surface area (Å²) in [4.78, 5) is 0.0268. The second-order valence-electron chi connectivity index (χ2n) is 4.01. The second-order valence-corrected chi connectivity index (χ2v) is 5.11. The first kappa shape index (κ1) is 14.7. The van der Waals surface area contributed by atoms with Crippen LogP contribution in [-0.2, 0) is 13.7 Å². The zero-order valence-corrected chi connectivity index (χ0v) is 11.6. The van der Waals surface area contributed by atoms with Gasteiger partial charge in [-0.25, -0.2) is 0 Å². The summed E-state index contributed by atoms with van der Waals surface area (Å²) >= 11 is -0.196. The first-order valence-corrected chi connectivity index (χ1v) is 6.51. The fraction of sp³-hybridized carbons (Fsp3) is 0.333. The first-order chi connectivity index (χ1) is 9.37. The minimum Gasteiger partial charge on any atom is -0.484 e. The Bertz CT molecular complexity index is 598. The molecule has 0 spiro atoms. The molecule has 108 valence electrons. The molecule has 0 aliphatic heterocycles. The number of aryl methyl sites for hydroxylation is 1. The Morgan fingerprint density at radius 3 is 2.55 bits per heavy atom. The van der Waals surface area contributed by atoms with Crippen LogP contribution >= 0.6 is 11.8 Å². The van der Waals surface area contributed by atoms with E-state index in [0.717, 1.165) is 0 Å². The van der Waals surface area contributed by atoms with Crippen LogP contribution in [0.25, 0.3) is 0 Å². The normalized spacial score (nSPS) is 11.7. The van der Waals surface area contributed by atoms with E-state index in [4.69, 9.17) is 4.74 Å². The fourth-order valence-corrected chi connectivity index (χ4v) is 2.12. The smallest absolute Gasteiger partial charge is 0.446 e. The molecule has 0 bridgehead atoms. The van der Waals surface area contributed by atoms with Crippen molar-refractivity contribution in [2.45, 2.75) is 23.9 Å². The Labute approximate surface area is 118 Å². The van der Waals surface area contributed by atoms with E-state index in [1.54, 1.807) is 24.6 Å². The molecule has 0 unspecified atom stereocenters. The van der Waals surface area contributed by atoms with Crippen molar-refractivity contribution in [2.24, 2.45) is 7.05 Å². The topological polar surface area (TPSA) is 39.9 Å². The lowest BCUT2D eigenvalue weighted by atomic mass is 10.3. The van der Waals surface area contributed by atoms with Gasteiger partial charge in [0.15, 0.2) is 5.82 Å². The highest BCUT2D eigenvalue weighted by Gasteiger charge is 2.30. The van der Waals surface area contributed by atoms with Gasteiger partial charge in [0.2, 0.25) is 0 Å². The SMILES string of the molecule is Cc1nnc(COc2ccccc2SC(F)(F)F)n1C. The standard InChI is InChI=1S/C12H12F3N3OS/c1-8-16-17-11(18(8)2)7-19-9-5-3-4-6-10(9)20-12(13,14)15/h3-6H,7H2,1-2H3. The number of alkyl halides is 3. The largest absolute Gasteiger partial charge is 0.484 e. The highest BCUT2D eigenvalue weighted by atomic mass is 32.2. The average molecular weight is 303 g/mol.